The predicted molar refractivity (Wildman–Crippen MR) is 58.2 cm³/mol. The van der Waals surface area contributed by atoms with Crippen molar-refractivity contribution in [3.63, 3.8) is 0 Å². The predicted octanol–water partition coefficient (Wildman–Crippen LogP) is 1.11. The van der Waals surface area contributed by atoms with Gasteiger partial charge in [0, 0.05) is 12.6 Å². The molecule has 0 fully saturated rings. The van der Waals surface area contributed by atoms with Crippen molar-refractivity contribution in [2.24, 2.45) is 11.5 Å². The molecule has 1 rings (SSSR count). The van der Waals surface area contributed by atoms with Crippen LogP contribution in [0.2, 0.25) is 0 Å². The van der Waals surface area contributed by atoms with E-state index < -0.39 is 11.0 Å². The Hall–Kier alpha value is -1.72. The number of benzene rings is 1. The SMILES string of the molecule is NC/C=C/C(N)c1ccccc1[N+](=O)[O-]. The topological polar surface area (TPSA) is 95.2 Å². The van der Waals surface area contributed by atoms with Crippen LogP contribution in [0, 0.1) is 10.1 Å². The number of nitro groups is 1. The fourth-order valence-corrected chi connectivity index (χ4v) is 1.26. The van der Waals surface area contributed by atoms with Gasteiger partial charge < -0.3 is 11.5 Å². The highest BCUT2D eigenvalue weighted by Gasteiger charge is 2.15. The van der Waals surface area contributed by atoms with Gasteiger partial charge in [-0.3, -0.25) is 10.1 Å². The third-order valence-electron chi connectivity index (χ3n) is 1.97. The van der Waals surface area contributed by atoms with Crippen LogP contribution in [0.5, 0.6) is 0 Å². The van der Waals surface area contributed by atoms with Crippen molar-refractivity contribution >= 4 is 5.69 Å². The first-order chi connectivity index (χ1) is 7.16. The normalized spacial score (nSPS) is 12.9. The maximum atomic E-state index is 10.7. The van der Waals surface area contributed by atoms with Gasteiger partial charge in [-0.25, -0.2) is 0 Å². The summed E-state index contributed by atoms with van der Waals surface area (Å²) in [6.07, 6.45) is 3.34. The molecule has 80 valence electrons. The molecular weight excluding hydrogens is 194 g/mol. The summed E-state index contributed by atoms with van der Waals surface area (Å²) < 4.78 is 0. The van der Waals surface area contributed by atoms with Crippen LogP contribution in [-0.2, 0) is 0 Å². The highest BCUT2D eigenvalue weighted by Crippen LogP contribution is 2.23. The quantitative estimate of drug-likeness (QED) is 0.439. The lowest BCUT2D eigenvalue weighted by atomic mass is 10.1. The molecule has 1 aromatic carbocycles. The van der Waals surface area contributed by atoms with Crippen LogP contribution in [0.3, 0.4) is 0 Å². The van der Waals surface area contributed by atoms with Gasteiger partial charge in [-0.1, -0.05) is 30.4 Å². The third-order valence-corrected chi connectivity index (χ3v) is 1.97. The fourth-order valence-electron chi connectivity index (χ4n) is 1.26. The Balaban J connectivity index is 3.02. The molecule has 1 unspecified atom stereocenters. The average molecular weight is 207 g/mol. The Bertz CT molecular complexity index is 377. The van der Waals surface area contributed by atoms with E-state index in [1.165, 1.54) is 6.07 Å². The largest absolute Gasteiger partial charge is 0.327 e. The van der Waals surface area contributed by atoms with Crippen molar-refractivity contribution in [2.45, 2.75) is 6.04 Å². The Labute approximate surface area is 87.5 Å². The van der Waals surface area contributed by atoms with Gasteiger partial charge in [-0.15, -0.1) is 0 Å². The highest BCUT2D eigenvalue weighted by atomic mass is 16.6. The first kappa shape index (κ1) is 11.4. The Morgan fingerprint density at radius 2 is 2.13 bits per heavy atom. The van der Waals surface area contributed by atoms with Crippen molar-refractivity contribution in [1.82, 2.24) is 0 Å². The summed E-state index contributed by atoms with van der Waals surface area (Å²) in [6.45, 7) is 0.369. The lowest BCUT2D eigenvalue weighted by Gasteiger charge is -2.06. The zero-order valence-corrected chi connectivity index (χ0v) is 8.17. The van der Waals surface area contributed by atoms with Crippen LogP contribution in [0.1, 0.15) is 11.6 Å². The zero-order valence-electron chi connectivity index (χ0n) is 8.17. The second kappa shape index (κ2) is 5.23. The number of nitro benzene ring substituents is 1. The van der Waals surface area contributed by atoms with E-state index in [2.05, 4.69) is 0 Å². The van der Waals surface area contributed by atoms with E-state index in [9.17, 15) is 10.1 Å². The molecule has 15 heavy (non-hydrogen) atoms. The Kier molecular flexibility index (Phi) is 3.96. The molecule has 0 spiro atoms. The molecule has 4 N–H and O–H groups in total. The van der Waals surface area contributed by atoms with Crippen molar-refractivity contribution < 1.29 is 4.92 Å². The van der Waals surface area contributed by atoms with Crippen LogP contribution in [-0.4, -0.2) is 11.5 Å². The van der Waals surface area contributed by atoms with Gasteiger partial charge in [-0.2, -0.15) is 0 Å². The molecule has 0 amide bonds. The molecule has 0 bridgehead atoms. The molecule has 0 radical (unpaired) electrons. The van der Waals surface area contributed by atoms with E-state index in [0.29, 0.717) is 12.1 Å². The van der Waals surface area contributed by atoms with Gasteiger partial charge in [0.25, 0.3) is 5.69 Å². The molecule has 1 atom stereocenters. The van der Waals surface area contributed by atoms with Crippen LogP contribution in [0.4, 0.5) is 5.69 Å². The summed E-state index contributed by atoms with van der Waals surface area (Å²) >= 11 is 0. The minimum absolute atomic E-state index is 0.0340. The van der Waals surface area contributed by atoms with E-state index in [-0.39, 0.29) is 5.69 Å². The lowest BCUT2D eigenvalue weighted by Crippen LogP contribution is -2.10. The van der Waals surface area contributed by atoms with Gasteiger partial charge in [0.1, 0.15) is 0 Å². The Morgan fingerprint density at radius 3 is 2.73 bits per heavy atom. The van der Waals surface area contributed by atoms with Gasteiger partial charge in [0.05, 0.1) is 16.5 Å². The molecule has 0 heterocycles. The molecule has 0 aromatic heterocycles. The summed E-state index contributed by atoms with van der Waals surface area (Å²) in [5.41, 5.74) is 11.6. The molecule has 0 aliphatic carbocycles. The van der Waals surface area contributed by atoms with E-state index in [0.717, 1.165) is 0 Å². The zero-order chi connectivity index (χ0) is 11.3. The van der Waals surface area contributed by atoms with Gasteiger partial charge >= 0.3 is 0 Å². The first-order valence-electron chi connectivity index (χ1n) is 4.52. The molecule has 0 aliphatic heterocycles. The number of nitrogens with zero attached hydrogens (tertiary/aromatic N) is 1. The lowest BCUT2D eigenvalue weighted by molar-refractivity contribution is -0.385. The van der Waals surface area contributed by atoms with Crippen LogP contribution in [0.25, 0.3) is 0 Å². The standard InChI is InChI=1S/C10H13N3O2/c11-7-3-5-9(12)8-4-1-2-6-10(8)13(14)15/h1-6,9H,7,11-12H2/b5-3+. The maximum absolute atomic E-state index is 10.7. The highest BCUT2D eigenvalue weighted by molar-refractivity contribution is 5.43. The first-order valence-corrected chi connectivity index (χ1v) is 4.52. The molecule has 0 aliphatic rings. The number of rotatable bonds is 4. The van der Waals surface area contributed by atoms with E-state index in [1.54, 1.807) is 30.4 Å². The van der Waals surface area contributed by atoms with Crippen molar-refractivity contribution in [1.29, 1.82) is 0 Å². The summed E-state index contributed by atoms with van der Waals surface area (Å²) in [4.78, 5) is 10.3. The number of para-hydroxylation sites is 1. The minimum atomic E-state index is -0.491. The molecule has 0 saturated heterocycles. The second-order valence-electron chi connectivity index (χ2n) is 3.01. The van der Waals surface area contributed by atoms with Gasteiger partial charge in [-0.05, 0) is 0 Å². The van der Waals surface area contributed by atoms with Crippen molar-refractivity contribution in [3.05, 3.63) is 52.1 Å². The molecular formula is C10H13N3O2. The second-order valence-corrected chi connectivity index (χ2v) is 3.01. The molecule has 5 heteroatoms. The van der Waals surface area contributed by atoms with Crippen LogP contribution < -0.4 is 11.5 Å². The average Bonchev–Trinajstić information content (AvgIpc) is 2.25. The van der Waals surface area contributed by atoms with E-state index in [4.69, 9.17) is 11.5 Å². The summed E-state index contributed by atoms with van der Waals surface area (Å²) in [7, 11) is 0. The smallest absolute Gasteiger partial charge is 0.274 e. The monoisotopic (exact) mass is 207 g/mol. The van der Waals surface area contributed by atoms with Gasteiger partial charge in [0.15, 0.2) is 0 Å². The van der Waals surface area contributed by atoms with E-state index in [1.807, 2.05) is 0 Å². The van der Waals surface area contributed by atoms with E-state index >= 15 is 0 Å². The van der Waals surface area contributed by atoms with Crippen molar-refractivity contribution in [3.8, 4) is 0 Å². The number of hydrogen-bond acceptors (Lipinski definition) is 4. The third kappa shape index (κ3) is 2.87. The fraction of sp³-hybridized carbons (Fsp3) is 0.200. The maximum Gasteiger partial charge on any atom is 0.274 e. The summed E-state index contributed by atoms with van der Waals surface area (Å²) in [5, 5.41) is 10.7. The number of hydrogen-bond donors (Lipinski definition) is 2. The summed E-state index contributed by atoms with van der Waals surface area (Å²) in [5.74, 6) is 0. The number of nitrogens with two attached hydrogens (primary N) is 2. The molecule has 5 nitrogen and oxygen atoms in total. The Morgan fingerprint density at radius 1 is 1.47 bits per heavy atom. The van der Waals surface area contributed by atoms with Crippen molar-refractivity contribution in [2.75, 3.05) is 6.54 Å². The molecule has 1 aromatic rings. The summed E-state index contributed by atoms with van der Waals surface area (Å²) in [6, 6.07) is 5.92. The van der Waals surface area contributed by atoms with Crippen LogP contribution >= 0.6 is 0 Å². The minimum Gasteiger partial charge on any atom is -0.327 e. The van der Waals surface area contributed by atoms with Crippen LogP contribution in [0.15, 0.2) is 36.4 Å². The van der Waals surface area contributed by atoms with Gasteiger partial charge in [0.2, 0.25) is 0 Å². The molecule has 0 saturated carbocycles.